The second kappa shape index (κ2) is 8.07. The quantitative estimate of drug-likeness (QED) is 0.772. The molecule has 2 aromatic rings. The summed E-state index contributed by atoms with van der Waals surface area (Å²) in [5, 5.41) is 2.52. The zero-order valence-corrected chi connectivity index (χ0v) is 15.8. The Balaban J connectivity index is 2.28. The van der Waals surface area contributed by atoms with Gasteiger partial charge < -0.3 is 10.1 Å². The predicted molar refractivity (Wildman–Crippen MR) is 92.9 cm³/mol. The van der Waals surface area contributed by atoms with E-state index in [9.17, 15) is 22.4 Å². The van der Waals surface area contributed by atoms with E-state index in [1.165, 1.54) is 19.2 Å². The molecule has 0 aromatic carbocycles. The van der Waals surface area contributed by atoms with Crippen LogP contribution in [0.3, 0.4) is 0 Å². The fraction of sp³-hybridized carbons (Fsp3) is 0.444. The number of alkyl halides is 4. The summed E-state index contributed by atoms with van der Waals surface area (Å²) in [6.07, 6.45) is -3.05. The van der Waals surface area contributed by atoms with E-state index in [-0.39, 0.29) is 29.1 Å². The van der Waals surface area contributed by atoms with E-state index in [1.807, 2.05) is 0 Å². The van der Waals surface area contributed by atoms with Crippen molar-refractivity contribution in [2.75, 3.05) is 0 Å². The summed E-state index contributed by atoms with van der Waals surface area (Å²) in [5.41, 5.74) is 0.587. The summed E-state index contributed by atoms with van der Waals surface area (Å²) in [6, 6.07) is 1.48. The number of carbonyl (C=O) groups is 1. The lowest BCUT2D eigenvalue weighted by molar-refractivity contribution is -0.145. The molecule has 0 radical (unpaired) electrons. The van der Waals surface area contributed by atoms with Crippen LogP contribution in [0.1, 0.15) is 43.4 Å². The van der Waals surface area contributed by atoms with Gasteiger partial charge in [-0.25, -0.2) is 19.2 Å². The Hall–Kier alpha value is -2.78. The number of nitrogens with one attached hydrogen (secondary N) is 1. The molecule has 0 unspecified atom stereocenters. The number of hydrogen-bond donors (Lipinski definition) is 1. The van der Waals surface area contributed by atoms with Gasteiger partial charge in [-0.15, -0.1) is 0 Å². The highest BCUT2D eigenvalue weighted by Crippen LogP contribution is 2.29. The van der Waals surface area contributed by atoms with Crippen LogP contribution in [0.4, 0.5) is 22.4 Å². The molecule has 2 aromatic heterocycles. The van der Waals surface area contributed by atoms with Gasteiger partial charge in [0.15, 0.2) is 0 Å². The molecule has 0 saturated carbocycles. The van der Waals surface area contributed by atoms with Crippen LogP contribution in [-0.2, 0) is 24.1 Å². The Kier molecular flexibility index (Phi) is 6.20. The molecule has 0 aliphatic rings. The molecule has 28 heavy (non-hydrogen) atoms. The maximum absolute atomic E-state index is 13.2. The van der Waals surface area contributed by atoms with Crippen molar-refractivity contribution in [3.8, 4) is 11.3 Å². The SMILES string of the molecule is Cc1nc(C(F)(F)F)ncc1-c1cc(CNC(=O)OC(C)(C)C)c(CF)cn1. The van der Waals surface area contributed by atoms with E-state index in [0.717, 1.165) is 6.20 Å². The van der Waals surface area contributed by atoms with Crippen LogP contribution in [0.25, 0.3) is 11.3 Å². The molecule has 152 valence electrons. The molecule has 0 bridgehead atoms. The highest BCUT2D eigenvalue weighted by atomic mass is 19.4. The summed E-state index contributed by atoms with van der Waals surface area (Å²) >= 11 is 0. The first-order chi connectivity index (χ1) is 12.9. The number of alkyl carbamates (subject to hydrolysis) is 1. The first-order valence-electron chi connectivity index (χ1n) is 8.32. The Bertz CT molecular complexity index is 864. The molecule has 0 fully saturated rings. The van der Waals surface area contributed by atoms with Crippen molar-refractivity contribution in [3.05, 3.63) is 41.1 Å². The highest BCUT2D eigenvalue weighted by molar-refractivity contribution is 5.68. The zero-order chi connectivity index (χ0) is 21.1. The third-order valence-electron chi connectivity index (χ3n) is 3.56. The lowest BCUT2D eigenvalue weighted by Gasteiger charge is -2.20. The fourth-order valence-corrected chi connectivity index (χ4v) is 2.29. The molecule has 1 amide bonds. The standard InChI is InChI=1S/C18H20F4N4O2/c1-10-13(9-24-15(26-10)18(20,21)22)14-5-11(12(6-19)8-23-14)7-25-16(27)28-17(2,3)4/h5,8-9H,6-7H2,1-4H3,(H,25,27). The summed E-state index contributed by atoms with van der Waals surface area (Å²) in [6.45, 7) is 5.66. The van der Waals surface area contributed by atoms with Gasteiger partial charge in [-0.05, 0) is 39.3 Å². The fourth-order valence-electron chi connectivity index (χ4n) is 2.29. The van der Waals surface area contributed by atoms with Crippen molar-refractivity contribution < 1.29 is 27.1 Å². The van der Waals surface area contributed by atoms with E-state index in [0.29, 0.717) is 5.56 Å². The molecule has 1 N–H and O–H groups in total. The van der Waals surface area contributed by atoms with E-state index >= 15 is 0 Å². The Morgan fingerprint density at radius 2 is 1.82 bits per heavy atom. The molecule has 0 spiro atoms. The molecule has 6 nitrogen and oxygen atoms in total. The summed E-state index contributed by atoms with van der Waals surface area (Å²) < 4.78 is 56.5. The monoisotopic (exact) mass is 400 g/mol. The molecule has 2 rings (SSSR count). The van der Waals surface area contributed by atoms with Gasteiger partial charge in [0.05, 0.1) is 11.4 Å². The van der Waals surface area contributed by atoms with Gasteiger partial charge in [-0.3, -0.25) is 4.98 Å². The first-order valence-corrected chi connectivity index (χ1v) is 8.32. The summed E-state index contributed by atoms with van der Waals surface area (Å²) in [4.78, 5) is 22.7. The van der Waals surface area contributed by atoms with Crippen molar-refractivity contribution in [3.63, 3.8) is 0 Å². The Morgan fingerprint density at radius 3 is 2.36 bits per heavy atom. The van der Waals surface area contributed by atoms with Crippen molar-refractivity contribution >= 4 is 6.09 Å². The van der Waals surface area contributed by atoms with Gasteiger partial charge in [0.25, 0.3) is 0 Å². The second-order valence-electron chi connectivity index (χ2n) is 7.02. The van der Waals surface area contributed by atoms with Gasteiger partial charge in [0.1, 0.15) is 12.3 Å². The lowest BCUT2D eigenvalue weighted by atomic mass is 10.1. The van der Waals surface area contributed by atoms with Crippen molar-refractivity contribution in [1.29, 1.82) is 0 Å². The number of pyridine rings is 1. The van der Waals surface area contributed by atoms with Gasteiger partial charge in [0, 0.05) is 30.1 Å². The van der Waals surface area contributed by atoms with Gasteiger partial charge in [-0.1, -0.05) is 0 Å². The Labute approximate surface area is 159 Å². The number of halogens is 4. The largest absolute Gasteiger partial charge is 0.451 e. The van der Waals surface area contributed by atoms with Crippen LogP contribution in [0.2, 0.25) is 0 Å². The third-order valence-corrected chi connectivity index (χ3v) is 3.56. The highest BCUT2D eigenvalue weighted by Gasteiger charge is 2.35. The number of rotatable bonds is 4. The third kappa shape index (κ3) is 5.61. The number of aryl methyl sites for hydroxylation is 1. The topological polar surface area (TPSA) is 77.0 Å². The molecular formula is C18H20F4N4O2. The van der Waals surface area contributed by atoms with Crippen LogP contribution >= 0.6 is 0 Å². The van der Waals surface area contributed by atoms with E-state index in [1.54, 1.807) is 20.8 Å². The number of aromatic nitrogens is 3. The maximum Gasteiger partial charge on any atom is 0.451 e. The van der Waals surface area contributed by atoms with Crippen molar-refractivity contribution in [2.45, 2.75) is 52.7 Å². The molecule has 0 aliphatic carbocycles. The van der Waals surface area contributed by atoms with Crippen LogP contribution in [0.15, 0.2) is 18.5 Å². The number of hydrogen-bond acceptors (Lipinski definition) is 5. The van der Waals surface area contributed by atoms with E-state index in [2.05, 4.69) is 20.3 Å². The van der Waals surface area contributed by atoms with E-state index < -0.39 is 30.4 Å². The minimum atomic E-state index is -4.66. The van der Waals surface area contributed by atoms with Gasteiger partial charge >= 0.3 is 12.3 Å². The molecule has 10 heteroatoms. The zero-order valence-electron chi connectivity index (χ0n) is 15.8. The van der Waals surface area contributed by atoms with Crippen LogP contribution in [0.5, 0.6) is 0 Å². The number of carbonyl (C=O) groups excluding carboxylic acids is 1. The van der Waals surface area contributed by atoms with Crippen LogP contribution in [-0.4, -0.2) is 26.6 Å². The summed E-state index contributed by atoms with van der Waals surface area (Å²) in [5.74, 6) is -1.25. The number of ether oxygens (including phenoxy) is 1. The van der Waals surface area contributed by atoms with Crippen molar-refractivity contribution in [1.82, 2.24) is 20.3 Å². The second-order valence-corrected chi connectivity index (χ2v) is 7.02. The molecule has 0 atom stereocenters. The minimum absolute atomic E-state index is 0.0375. The number of nitrogens with zero attached hydrogens (tertiary/aromatic N) is 3. The van der Waals surface area contributed by atoms with Crippen LogP contribution < -0.4 is 5.32 Å². The molecule has 0 aliphatic heterocycles. The van der Waals surface area contributed by atoms with Gasteiger partial charge in [-0.2, -0.15) is 13.2 Å². The predicted octanol–water partition coefficient (Wildman–Crippen LogP) is 4.36. The number of amides is 1. The minimum Gasteiger partial charge on any atom is -0.444 e. The smallest absolute Gasteiger partial charge is 0.444 e. The van der Waals surface area contributed by atoms with Gasteiger partial charge in [0.2, 0.25) is 5.82 Å². The average Bonchev–Trinajstić information content (AvgIpc) is 2.57. The summed E-state index contributed by atoms with van der Waals surface area (Å²) in [7, 11) is 0. The molecular weight excluding hydrogens is 380 g/mol. The molecule has 2 heterocycles. The van der Waals surface area contributed by atoms with Crippen molar-refractivity contribution in [2.24, 2.45) is 0 Å². The first kappa shape index (κ1) is 21.5. The average molecular weight is 400 g/mol. The lowest BCUT2D eigenvalue weighted by Crippen LogP contribution is -2.32. The normalized spacial score (nSPS) is 12.0. The van der Waals surface area contributed by atoms with Crippen LogP contribution in [0, 0.1) is 6.92 Å². The van der Waals surface area contributed by atoms with E-state index in [4.69, 9.17) is 4.74 Å². The Morgan fingerprint density at radius 1 is 1.14 bits per heavy atom. The maximum atomic E-state index is 13.2. The molecule has 0 saturated heterocycles.